The van der Waals surface area contributed by atoms with E-state index >= 15 is 0 Å². The number of aryl methyl sites for hydroxylation is 1. The van der Waals surface area contributed by atoms with Gasteiger partial charge >= 0.3 is 0 Å². The average molecular weight is 261 g/mol. The normalized spacial score (nSPS) is 12.2. The molecule has 0 bridgehead atoms. The Bertz CT molecular complexity index is 546. The van der Waals surface area contributed by atoms with Crippen molar-refractivity contribution in [3.8, 4) is 11.3 Å². The van der Waals surface area contributed by atoms with Gasteiger partial charge in [-0.2, -0.15) is 0 Å². The molecule has 4 nitrogen and oxygen atoms in total. The molecule has 0 radical (unpaired) electrons. The van der Waals surface area contributed by atoms with Crippen LogP contribution in [-0.2, 0) is 4.79 Å². The number of thiazole rings is 1. The van der Waals surface area contributed by atoms with Crippen molar-refractivity contribution in [2.45, 2.75) is 19.9 Å². The molecule has 3 N–H and O–H groups in total. The smallest absolute Gasteiger partial charge is 0.242 e. The van der Waals surface area contributed by atoms with E-state index in [2.05, 4.69) is 10.3 Å². The lowest BCUT2D eigenvalue weighted by Gasteiger charge is -2.03. The zero-order chi connectivity index (χ0) is 13.1. The van der Waals surface area contributed by atoms with Crippen LogP contribution in [0.4, 0.5) is 5.13 Å². The molecular formula is C13H15N3OS. The van der Waals surface area contributed by atoms with Gasteiger partial charge in [0.25, 0.3) is 0 Å². The van der Waals surface area contributed by atoms with Crippen molar-refractivity contribution in [3.63, 3.8) is 0 Å². The van der Waals surface area contributed by atoms with E-state index in [1.165, 1.54) is 16.9 Å². The third-order valence-corrected chi connectivity index (χ3v) is 3.25. The number of rotatable bonds is 3. The monoisotopic (exact) mass is 261 g/mol. The molecule has 0 spiro atoms. The number of aromatic nitrogens is 1. The molecule has 5 heteroatoms. The fourth-order valence-corrected chi connectivity index (χ4v) is 2.13. The minimum Gasteiger partial charge on any atom is -0.320 e. The Labute approximate surface area is 110 Å². The van der Waals surface area contributed by atoms with Gasteiger partial charge in [0.15, 0.2) is 5.13 Å². The maximum atomic E-state index is 11.4. The van der Waals surface area contributed by atoms with Gasteiger partial charge < -0.3 is 11.1 Å². The summed E-state index contributed by atoms with van der Waals surface area (Å²) in [7, 11) is 0. The molecule has 0 saturated carbocycles. The predicted octanol–water partition coefficient (Wildman–Crippen LogP) is 2.40. The molecule has 2 aromatic rings. The Morgan fingerprint density at radius 1 is 1.39 bits per heavy atom. The van der Waals surface area contributed by atoms with Crippen LogP contribution < -0.4 is 11.1 Å². The number of benzene rings is 1. The molecule has 1 aromatic carbocycles. The van der Waals surface area contributed by atoms with Crippen molar-refractivity contribution in [2.24, 2.45) is 5.73 Å². The van der Waals surface area contributed by atoms with Crippen molar-refractivity contribution < 1.29 is 4.79 Å². The lowest BCUT2D eigenvalue weighted by Crippen LogP contribution is -2.32. The molecule has 0 unspecified atom stereocenters. The maximum Gasteiger partial charge on any atom is 0.242 e. The van der Waals surface area contributed by atoms with Gasteiger partial charge in [0.1, 0.15) is 0 Å². The molecule has 94 valence electrons. The molecule has 1 heterocycles. The van der Waals surface area contributed by atoms with E-state index < -0.39 is 6.04 Å². The van der Waals surface area contributed by atoms with Gasteiger partial charge in [-0.3, -0.25) is 4.79 Å². The zero-order valence-corrected chi connectivity index (χ0v) is 11.1. The molecule has 2 rings (SSSR count). The van der Waals surface area contributed by atoms with Gasteiger partial charge in [-0.25, -0.2) is 4.98 Å². The van der Waals surface area contributed by atoms with Crippen molar-refractivity contribution in [2.75, 3.05) is 5.32 Å². The third-order valence-electron chi connectivity index (χ3n) is 2.50. The fraction of sp³-hybridized carbons (Fsp3) is 0.231. The van der Waals surface area contributed by atoms with Gasteiger partial charge in [0.05, 0.1) is 11.7 Å². The molecule has 0 fully saturated rings. The Kier molecular flexibility index (Phi) is 3.74. The number of anilines is 1. The molecule has 0 aliphatic carbocycles. The van der Waals surface area contributed by atoms with Gasteiger partial charge in [-0.1, -0.05) is 29.8 Å². The number of carbonyl (C=O) groups excluding carboxylic acids is 1. The second-order valence-corrected chi connectivity index (χ2v) is 5.04. The second kappa shape index (κ2) is 5.29. The minimum atomic E-state index is -0.531. The first-order valence-corrected chi connectivity index (χ1v) is 6.53. The van der Waals surface area contributed by atoms with Gasteiger partial charge in [0, 0.05) is 10.9 Å². The van der Waals surface area contributed by atoms with E-state index in [-0.39, 0.29) is 5.91 Å². The highest BCUT2D eigenvalue weighted by molar-refractivity contribution is 7.14. The number of carbonyl (C=O) groups is 1. The molecule has 1 aromatic heterocycles. The number of nitrogens with one attached hydrogen (secondary N) is 1. The van der Waals surface area contributed by atoms with Crippen molar-refractivity contribution >= 4 is 22.4 Å². The van der Waals surface area contributed by atoms with Crippen LogP contribution in [0.2, 0.25) is 0 Å². The molecule has 1 atom stereocenters. The summed E-state index contributed by atoms with van der Waals surface area (Å²) >= 11 is 1.40. The first kappa shape index (κ1) is 12.7. The summed E-state index contributed by atoms with van der Waals surface area (Å²) in [6.07, 6.45) is 0. The number of amides is 1. The molecule has 0 aliphatic heterocycles. The Hall–Kier alpha value is -1.72. The Morgan fingerprint density at radius 2 is 2.06 bits per heavy atom. The first-order chi connectivity index (χ1) is 8.56. The fourth-order valence-electron chi connectivity index (χ4n) is 1.41. The Morgan fingerprint density at radius 3 is 2.67 bits per heavy atom. The van der Waals surface area contributed by atoms with E-state index in [1.807, 2.05) is 36.6 Å². The van der Waals surface area contributed by atoms with Gasteiger partial charge in [-0.05, 0) is 13.8 Å². The summed E-state index contributed by atoms with van der Waals surface area (Å²) in [6.45, 7) is 3.68. The predicted molar refractivity (Wildman–Crippen MR) is 74.6 cm³/mol. The average Bonchev–Trinajstić information content (AvgIpc) is 2.78. The summed E-state index contributed by atoms with van der Waals surface area (Å²) < 4.78 is 0. The van der Waals surface area contributed by atoms with Crippen molar-refractivity contribution in [3.05, 3.63) is 35.2 Å². The van der Waals surface area contributed by atoms with E-state index in [0.717, 1.165) is 11.3 Å². The molecule has 1 amide bonds. The number of hydrogen-bond donors (Lipinski definition) is 2. The summed E-state index contributed by atoms with van der Waals surface area (Å²) in [5.41, 5.74) is 8.59. The van der Waals surface area contributed by atoms with E-state index in [4.69, 9.17) is 5.73 Å². The van der Waals surface area contributed by atoms with Crippen LogP contribution in [0.1, 0.15) is 12.5 Å². The minimum absolute atomic E-state index is 0.222. The first-order valence-electron chi connectivity index (χ1n) is 5.65. The highest BCUT2D eigenvalue weighted by atomic mass is 32.1. The van der Waals surface area contributed by atoms with E-state index in [0.29, 0.717) is 5.13 Å². The molecule has 0 saturated heterocycles. The van der Waals surface area contributed by atoms with Crippen LogP contribution >= 0.6 is 11.3 Å². The molecule has 18 heavy (non-hydrogen) atoms. The van der Waals surface area contributed by atoms with E-state index in [9.17, 15) is 4.79 Å². The van der Waals surface area contributed by atoms with Crippen LogP contribution in [0.15, 0.2) is 29.6 Å². The van der Waals surface area contributed by atoms with Gasteiger partial charge in [0.2, 0.25) is 5.91 Å². The summed E-state index contributed by atoms with van der Waals surface area (Å²) in [5.74, 6) is -0.222. The van der Waals surface area contributed by atoms with Crippen LogP contribution in [0.3, 0.4) is 0 Å². The summed E-state index contributed by atoms with van der Waals surface area (Å²) in [4.78, 5) is 15.8. The lowest BCUT2D eigenvalue weighted by atomic mass is 10.1. The van der Waals surface area contributed by atoms with Crippen molar-refractivity contribution in [1.29, 1.82) is 0 Å². The lowest BCUT2D eigenvalue weighted by molar-refractivity contribution is -0.117. The number of nitrogens with two attached hydrogens (primary N) is 1. The third kappa shape index (κ3) is 2.94. The topological polar surface area (TPSA) is 68.0 Å². The van der Waals surface area contributed by atoms with Crippen LogP contribution in [-0.4, -0.2) is 16.9 Å². The second-order valence-electron chi connectivity index (χ2n) is 4.18. The quantitative estimate of drug-likeness (QED) is 0.891. The highest BCUT2D eigenvalue weighted by Gasteiger charge is 2.10. The van der Waals surface area contributed by atoms with Gasteiger partial charge in [-0.15, -0.1) is 11.3 Å². The highest BCUT2D eigenvalue weighted by Crippen LogP contribution is 2.25. The molecular weight excluding hydrogens is 246 g/mol. The zero-order valence-electron chi connectivity index (χ0n) is 10.3. The molecule has 0 aliphatic rings. The van der Waals surface area contributed by atoms with Crippen molar-refractivity contribution in [1.82, 2.24) is 4.98 Å². The number of hydrogen-bond acceptors (Lipinski definition) is 4. The summed E-state index contributed by atoms with van der Waals surface area (Å²) in [5, 5.41) is 5.18. The summed E-state index contributed by atoms with van der Waals surface area (Å²) in [6, 6.07) is 7.57. The van der Waals surface area contributed by atoms with Crippen LogP contribution in [0.25, 0.3) is 11.3 Å². The van der Waals surface area contributed by atoms with Crippen LogP contribution in [0.5, 0.6) is 0 Å². The SMILES string of the molecule is Cc1ccc(-c2csc(NC(=O)[C@H](C)N)n2)cc1. The van der Waals surface area contributed by atoms with Crippen LogP contribution in [0, 0.1) is 6.92 Å². The largest absolute Gasteiger partial charge is 0.320 e. The Balaban J connectivity index is 2.15. The number of nitrogens with zero attached hydrogens (tertiary/aromatic N) is 1. The maximum absolute atomic E-state index is 11.4. The van der Waals surface area contributed by atoms with E-state index in [1.54, 1.807) is 6.92 Å². The standard InChI is InChI=1S/C13H15N3OS/c1-8-3-5-10(6-4-8)11-7-18-13(15-11)16-12(17)9(2)14/h3-7,9H,14H2,1-2H3,(H,15,16,17)/t9-/m0/s1.